The van der Waals surface area contributed by atoms with E-state index >= 15 is 0 Å². The predicted molar refractivity (Wildman–Crippen MR) is 89.4 cm³/mol. The third kappa shape index (κ3) is 3.79. The number of hydrogen-bond donors (Lipinski definition) is 1. The third-order valence-corrected chi connectivity index (χ3v) is 4.94. The Kier molecular flexibility index (Phi) is 5.96. The number of nitrogens with zero attached hydrogens (tertiary/aromatic N) is 2. The van der Waals surface area contributed by atoms with Gasteiger partial charge in [-0.05, 0) is 37.6 Å². The monoisotopic (exact) mass is 373 g/mol. The van der Waals surface area contributed by atoms with Crippen molar-refractivity contribution < 1.29 is 0 Å². The molecule has 0 saturated heterocycles. The van der Waals surface area contributed by atoms with Gasteiger partial charge in [0.05, 0.1) is 6.04 Å². The van der Waals surface area contributed by atoms with Crippen molar-refractivity contribution in [3.8, 4) is 10.6 Å². The maximum atomic E-state index is 6.06. The van der Waals surface area contributed by atoms with Crippen molar-refractivity contribution in [2.75, 3.05) is 6.54 Å². The molecule has 1 unspecified atom stereocenters. The smallest absolute Gasteiger partial charge is 0.149 e. The predicted octanol–water partition coefficient (Wildman–Crippen LogP) is 5.07. The van der Waals surface area contributed by atoms with Gasteiger partial charge in [-0.3, -0.25) is 0 Å². The maximum Gasteiger partial charge on any atom is 0.149 e. The minimum absolute atomic E-state index is 0.277. The molecule has 6 heteroatoms. The third-order valence-electron chi connectivity index (χ3n) is 2.95. The molecule has 20 heavy (non-hydrogen) atoms. The van der Waals surface area contributed by atoms with E-state index in [4.69, 9.17) is 11.6 Å². The molecule has 3 nitrogen and oxygen atoms in total. The number of aromatic nitrogens is 2. The lowest BCUT2D eigenvalue weighted by Crippen LogP contribution is -2.21. The highest BCUT2D eigenvalue weighted by Crippen LogP contribution is 2.34. The van der Waals surface area contributed by atoms with Gasteiger partial charge in [-0.2, -0.15) is 0 Å². The molecule has 0 fully saturated rings. The van der Waals surface area contributed by atoms with E-state index in [1.54, 1.807) is 11.3 Å². The van der Waals surface area contributed by atoms with Gasteiger partial charge in [-0.25, -0.2) is 0 Å². The van der Waals surface area contributed by atoms with Crippen LogP contribution in [0.3, 0.4) is 0 Å². The van der Waals surface area contributed by atoms with Gasteiger partial charge in [-0.1, -0.05) is 52.7 Å². The molecule has 0 bridgehead atoms. The Bertz CT molecular complexity index is 573. The molecular formula is C14H17BrClN3S. The first-order chi connectivity index (χ1) is 9.65. The molecule has 0 saturated carbocycles. The van der Waals surface area contributed by atoms with Crippen LogP contribution in [0.2, 0.25) is 5.02 Å². The summed E-state index contributed by atoms with van der Waals surface area (Å²) >= 11 is 11.2. The van der Waals surface area contributed by atoms with Crippen molar-refractivity contribution in [3.05, 3.63) is 32.7 Å². The SMILES string of the molecule is CCCNC(CC)c1nnc(-c2cc(Cl)ccc2Br)s1. The molecule has 0 amide bonds. The molecule has 1 N–H and O–H groups in total. The highest BCUT2D eigenvalue weighted by molar-refractivity contribution is 9.10. The summed E-state index contributed by atoms with van der Waals surface area (Å²) in [7, 11) is 0. The van der Waals surface area contributed by atoms with E-state index in [1.165, 1.54) is 0 Å². The van der Waals surface area contributed by atoms with Gasteiger partial charge in [0, 0.05) is 15.1 Å². The van der Waals surface area contributed by atoms with Gasteiger partial charge in [0.15, 0.2) is 0 Å². The molecule has 0 aliphatic rings. The molecular weight excluding hydrogens is 358 g/mol. The fourth-order valence-corrected chi connectivity index (χ4v) is 3.64. The van der Waals surface area contributed by atoms with Gasteiger partial charge in [-0.15, -0.1) is 10.2 Å². The van der Waals surface area contributed by atoms with Gasteiger partial charge in [0.2, 0.25) is 0 Å². The Morgan fingerprint density at radius 1 is 1.35 bits per heavy atom. The van der Waals surface area contributed by atoms with Crippen molar-refractivity contribution in [3.63, 3.8) is 0 Å². The lowest BCUT2D eigenvalue weighted by atomic mass is 10.2. The first-order valence-corrected chi connectivity index (χ1v) is 8.66. The molecule has 0 aliphatic heterocycles. The zero-order valence-corrected chi connectivity index (χ0v) is 14.6. The second-order valence-corrected chi connectivity index (χ2v) is 6.78. The topological polar surface area (TPSA) is 37.8 Å². The van der Waals surface area contributed by atoms with E-state index in [-0.39, 0.29) is 6.04 Å². The second-order valence-electron chi connectivity index (χ2n) is 4.48. The molecule has 0 radical (unpaired) electrons. The second kappa shape index (κ2) is 7.50. The average Bonchev–Trinajstić information content (AvgIpc) is 2.92. The normalized spacial score (nSPS) is 12.6. The maximum absolute atomic E-state index is 6.06. The van der Waals surface area contributed by atoms with Gasteiger partial charge in [0.25, 0.3) is 0 Å². The van der Waals surface area contributed by atoms with Crippen LogP contribution < -0.4 is 5.32 Å². The number of rotatable bonds is 6. The lowest BCUT2D eigenvalue weighted by Gasteiger charge is -2.12. The summed E-state index contributed by atoms with van der Waals surface area (Å²) in [5.74, 6) is 0. The van der Waals surface area contributed by atoms with Crippen LogP contribution >= 0.6 is 38.9 Å². The average molecular weight is 375 g/mol. The zero-order chi connectivity index (χ0) is 14.5. The van der Waals surface area contributed by atoms with Crippen LogP contribution in [0.25, 0.3) is 10.6 Å². The van der Waals surface area contributed by atoms with Crippen LogP contribution in [0, 0.1) is 0 Å². The van der Waals surface area contributed by atoms with Crippen LogP contribution in [0.5, 0.6) is 0 Å². The molecule has 2 aromatic rings. The Morgan fingerprint density at radius 2 is 2.15 bits per heavy atom. The first-order valence-electron chi connectivity index (χ1n) is 6.67. The Hall–Kier alpha value is -0.490. The van der Waals surface area contributed by atoms with E-state index in [0.717, 1.165) is 39.4 Å². The van der Waals surface area contributed by atoms with Crippen LogP contribution in [-0.4, -0.2) is 16.7 Å². The van der Waals surface area contributed by atoms with Crippen molar-refractivity contribution in [2.45, 2.75) is 32.7 Å². The highest BCUT2D eigenvalue weighted by Gasteiger charge is 2.16. The summed E-state index contributed by atoms with van der Waals surface area (Å²) in [5.41, 5.74) is 0.992. The largest absolute Gasteiger partial charge is 0.308 e. The minimum Gasteiger partial charge on any atom is -0.308 e. The van der Waals surface area contributed by atoms with Crippen LogP contribution in [0.15, 0.2) is 22.7 Å². The summed E-state index contributed by atoms with van der Waals surface area (Å²) in [6.07, 6.45) is 2.12. The molecule has 1 atom stereocenters. The molecule has 1 heterocycles. The number of nitrogens with one attached hydrogen (secondary N) is 1. The van der Waals surface area contributed by atoms with Crippen molar-refractivity contribution >= 4 is 38.9 Å². The van der Waals surface area contributed by atoms with Crippen molar-refractivity contribution in [1.29, 1.82) is 0 Å². The fourth-order valence-electron chi connectivity index (χ4n) is 1.87. The molecule has 0 aliphatic carbocycles. The molecule has 1 aromatic carbocycles. The standard InChI is InChI=1S/C14H17BrClN3S/c1-3-7-17-12(4-2)14-19-18-13(20-14)10-8-9(16)5-6-11(10)15/h5-6,8,12,17H,3-4,7H2,1-2H3. The summed E-state index contributed by atoms with van der Waals surface area (Å²) in [6, 6.07) is 5.98. The van der Waals surface area contributed by atoms with E-state index < -0.39 is 0 Å². The number of halogens is 2. The van der Waals surface area contributed by atoms with Crippen molar-refractivity contribution in [1.82, 2.24) is 15.5 Å². The highest BCUT2D eigenvalue weighted by atomic mass is 79.9. The first kappa shape index (κ1) is 15.9. The zero-order valence-electron chi connectivity index (χ0n) is 11.5. The Balaban J connectivity index is 2.25. The fraction of sp³-hybridized carbons (Fsp3) is 0.429. The van der Waals surface area contributed by atoms with Gasteiger partial charge in [0.1, 0.15) is 10.0 Å². The van der Waals surface area contributed by atoms with E-state index in [9.17, 15) is 0 Å². The Morgan fingerprint density at radius 3 is 2.85 bits per heavy atom. The summed E-state index contributed by atoms with van der Waals surface area (Å²) in [5, 5.41) is 14.8. The molecule has 0 spiro atoms. The van der Waals surface area contributed by atoms with Crippen molar-refractivity contribution in [2.24, 2.45) is 0 Å². The van der Waals surface area contributed by atoms with E-state index in [2.05, 4.69) is 45.3 Å². The number of benzene rings is 1. The molecule has 1 aromatic heterocycles. The summed E-state index contributed by atoms with van der Waals surface area (Å²) in [6.45, 7) is 5.31. The summed E-state index contributed by atoms with van der Waals surface area (Å²) in [4.78, 5) is 0. The number of hydrogen-bond acceptors (Lipinski definition) is 4. The molecule has 108 valence electrons. The van der Waals surface area contributed by atoms with Crippen LogP contribution in [0.1, 0.15) is 37.7 Å². The van der Waals surface area contributed by atoms with E-state index in [1.807, 2.05) is 18.2 Å². The van der Waals surface area contributed by atoms with Crippen LogP contribution in [-0.2, 0) is 0 Å². The lowest BCUT2D eigenvalue weighted by molar-refractivity contribution is 0.513. The quantitative estimate of drug-likeness (QED) is 0.767. The Labute approximate surface area is 136 Å². The minimum atomic E-state index is 0.277. The molecule has 2 rings (SSSR count). The summed E-state index contributed by atoms with van der Waals surface area (Å²) < 4.78 is 0.985. The van der Waals surface area contributed by atoms with Gasteiger partial charge >= 0.3 is 0 Å². The van der Waals surface area contributed by atoms with Gasteiger partial charge < -0.3 is 5.32 Å². The van der Waals surface area contributed by atoms with Crippen LogP contribution in [0.4, 0.5) is 0 Å². The van der Waals surface area contributed by atoms with E-state index in [0.29, 0.717) is 5.02 Å².